The number of carboxylic acids is 1. The van der Waals surface area contributed by atoms with E-state index in [1.54, 1.807) is 19.1 Å². The molecule has 1 aromatic rings. The molecule has 3 rings (SSSR count). The van der Waals surface area contributed by atoms with Crippen molar-refractivity contribution >= 4 is 30.2 Å². The summed E-state index contributed by atoms with van der Waals surface area (Å²) in [6.07, 6.45) is 0.270. The number of nitrogens with zero attached hydrogens (tertiary/aromatic N) is 1. The third kappa shape index (κ3) is 2.21. The second-order valence-electron chi connectivity index (χ2n) is 5.18. The first-order valence-electron chi connectivity index (χ1n) is 6.62. The number of carbonyl (C=O) groups excluding carboxylic acids is 1. The standard InChI is InChI=1S/C14H15NO5S/c1-7(5-21)13(16)15-9-4-12-11(19-6-20-12)3-8(9)2-10(15)14(17)18/h3-4,7,10,21H,2,5-6H2,1H3,(H,17,18). The van der Waals surface area contributed by atoms with Crippen LogP contribution in [0.25, 0.3) is 0 Å². The Labute approximate surface area is 127 Å². The number of carbonyl (C=O) groups is 2. The molecule has 7 heteroatoms. The van der Waals surface area contributed by atoms with Gasteiger partial charge >= 0.3 is 5.97 Å². The molecule has 1 amide bonds. The van der Waals surface area contributed by atoms with Gasteiger partial charge in [0, 0.05) is 24.2 Å². The number of thiol groups is 1. The normalized spacial score (nSPS) is 20.3. The van der Waals surface area contributed by atoms with Gasteiger partial charge in [-0.15, -0.1) is 0 Å². The van der Waals surface area contributed by atoms with Crippen molar-refractivity contribution in [2.75, 3.05) is 17.4 Å². The maximum Gasteiger partial charge on any atom is 0.327 e. The number of carboxylic acid groups (broad SMARTS) is 1. The van der Waals surface area contributed by atoms with E-state index in [1.165, 1.54) is 4.90 Å². The molecule has 0 spiro atoms. The van der Waals surface area contributed by atoms with Gasteiger partial charge in [0.1, 0.15) is 6.04 Å². The van der Waals surface area contributed by atoms with Gasteiger partial charge in [-0.2, -0.15) is 12.6 Å². The molecule has 2 unspecified atom stereocenters. The summed E-state index contributed by atoms with van der Waals surface area (Å²) in [4.78, 5) is 25.3. The summed E-state index contributed by atoms with van der Waals surface area (Å²) in [5, 5.41) is 9.39. The first-order valence-corrected chi connectivity index (χ1v) is 7.25. The van der Waals surface area contributed by atoms with Gasteiger partial charge in [-0.1, -0.05) is 6.92 Å². The Hall–Kier alpha value is -1.89. The zero-order chi connectivity index (χ0) is 15.1. The maximum absolute atomic E-state index is 12.5. The van der Waals surface area contributed by atoms with Crippen LogP contribution in [0, 0.1) is 5.92 Å². The number of ether oxygens (including phenoxy) is 2. The smallest absolute Gasteiger partial charge is 0.327 e. The van der Waals surface area contributed by atoms with Gasteiger partial charge in [-0.05, 0) is 11.6 Å². The van der Waals surface area contributed by atoms with Crippen molar-refractivity contribution in [2.24, 2.45) is 5.92 Å². The highest BCUT2D eigenvalue weighted by Gasteiger charge is 2.41. The van der Waals surface area contributed by atoms with Gasteiger partial charge in [0.2, 0.25) is 12.7 Å². The molecule has 0 radical (unpaired) electrons. The summed E-state index contributed by atoms with van der Waals surface area (Å²) in [6, 6.07) is 2.55. The highest BCUT2D eigenvalue weighted by molar-refractivity contribution is 7.80. The molecule has 2 heterocycles. The first kappa shape index (κ1) is 14.1. The number of hydrogen-bond donors (Lipinski definition) is 2. The van der Waals surface area contributed by atoms with Crippen molar-refractivity contribution in [3.63, 3.8) is 0 Å². The van der Waals surface area contributed by atoms with E-state index < -0.39 is 12.0 Å². The van der Waals surface area contributed by atoms with Crippen LogP contribution in [0.15, 0.2) is 12.1 Å². The van der Waals surface area contributed by atoms with Crippen LogP contribution >= 0.6 is 12.6 Å². The molecule has 0 aliphatic carbocycles. The van der Waals surface area contributed by atoms with Gasteiger partial charge in [0.25, 0.3) is 0 Å². The molecule has 21 heavy (non-hydrogen) atoms. The molecule has 2 aliphatic rings. The zero-order valence-electron chi connectivity index (χ0n) is 11.4. The monoisotopic (exact) mass is 309 g/mol. The van der Waals surface area contributed by atoms with Crippen LogP contribution in [0.4, 0.5) is 5.69 Å². The Balaban J connectivity index is 2.04. The van der Waals surface area contributed by atoms with Gasteiger partial charge < -0.3 is 14.6 Å². The quantitative estimate of drug-likeness (QED) is 0.824. The fourth-order valence-electron chi connectivity index (χ4n) is 2.61. The zero-order valence-corrected chi connectivity index (χ0v) is 12.3. The van der Waals surface area contributed by atoms with Gasteiger partial charge in [-0.3, -0.25) is 9.69 Å². The summed E-state index contributed by atoms with van der Waals surface area (Å²) in [7, 11) is 0. The number of anilines is 1. The van der Waals surface area contributed by atoms with E-state index in [2.05, 4.69) is 12.6 Å². The van der Waals surface area contributed by atoms with Crippen LogP contribution in [-0.4, -0.2) is 35.6 Å². The van der Waals surface area contributed by atoms with Crippen LogP contribution in [0.1, 0.15) is 12.5 Å². The van der Waals surface area contributed by atoms with E-state index in [9.17, 15) is 14.7 Å². The molecule has 112 valence electrons. The van der Waals surface area contributed by atoms with E-state index in [1.807, 2.05) is 0 Å². The van der Waals surface area contributed by atoms with Crippen molar-refractivity contribution < 1.29 is 24.2 Å². The predicted molar refractivity (Wildman–Crippen MR) is 78.2 cm³/mol. The average molecular weight is 309 g/mol. The summed E-state index contributed by atoms with van der Waals surface area (Å²) in [5.74, 6) is -0.123. The summed E-state index contributed by atoms with van der Waals surface area (Å²) < 4.78 is 10.6. The highest BCUT2D eigenvalue weighted by atomic mass is 32.1. The Morgan fingerprint density at radius 2 is 2.10 bits per heavy atom. The third-order valence-corrected chi connectivity index (χ3v) is 4.32. The van der Waals surface area contributed by atoms with E-state index in [-0.39, 0.29) is 25.0 Å². The molecule has 6 nitrogen and oxygen atoms in total. The van der Waals surface area contributed by atoms with E-state index in [0.29, 0.717) is 22.9 Å². The van der Waals surface area contributed by atoms with Gasteiger partial charge in [0.05, 0.1) is 5.69 Å². The molecule has 0 saturated carbocycles. The average Bonchev–Trinajstić information content (AvgIpc) is 3.06. The number of rotatable bonds is 3. The number of amides is 1. The van der Waals surface area contributed by atoms with Crippen LogP contribution in [0.3, 0.4) is 0 Å². The van der Waals surface area contributed by atoms with Crippen LogP contribution in [0.2, 0.25) is 0 Å². The molecule has 0 bridgehead atoms. The molecule has 2 atom stereocenters. The van der Waals surface area contributed by atoms with Crippen LogP contribution in [-0.2, 0) is 16.0 Å². The van der Waals surface area contributed by atoms with Crippen molar-refractivity contribution in [3.05, 3.63) is 17.7 Å². The van der Waals surface area contributed by atoms with Crippen molar-refractivity contribution in [1.29, 1.82) is 0 Å². The number of benzene rings is 1. The number of hydrogen-bond acceptors (Lipinski definition) is 5. The second kappa shape index (κ2) is 5.14. The lowest BCUT2D eigenvalue weighted by molar-refractivity contribution is -0.140. The largest absolute Gasteiger partial charge is 0.480 e. The molecule has 1 aromatic carbocycles. The summed E-state index contributed by atoms with van der Waals surface area (Å²) in [5.41, 5.74) is 1.37. The molecule has 0 saturated heterocycles. The number of fused-ring (bicyclic) bond motifs is 2. The summed E-state index contributed by atoms with van der Waals surface area (Å²) in [6.45, 7) is 1.88. The minimum atomic E-state index is -1.02. The molecular formula is C14H15NO5S. The predicted octanol–water partition coefficient (Wildman–Crippen LogP) is 1.32. The van der Waals surface area contributed by atoms with Gasteiger partial charge in [-0.25, -0.2) is 4.79 Å². The Kier molecular flexibility index (Phi) is 3.44. The molecule has 0 aromatic heterocycles. The lowest BCUT2D eigenvalue weighted by Gasteiger charge is -2.25. The Morgan fingerprint density at radius 1 is 1.43 bits per heavy atom. The Bertz CT molecular complexity index is 618. The minimum absolute atomic E-state index is 0.140. The van der Waals surface area contributed by atoms with Crippen LogP contribution in [0.5, 0.6) is 11.5 Å². The topological polar surface area (TPSA) is 76.1 Å². The van der Waals surface area contributed by atoms with E-state index in [0.717, 1.165) is 5.56 Å². The molecule has 1 N–H and O–H groups in total. The fourth-order valence-corrected chi connectivity index (χ4v) is 2.77. The third-order valence-electron chi connectivity index (χ3n) is 3.78. The lowest BCUT2D eigenvalue weighted by Crippen LogP contribution is -2.45. The summed E-state index contributed by atoms with van der Waals surface area (Å²) >= 11 is 4.12. The van der Waals surface area contributed by atoms with Crippen molar-refractivity contribution in [3.8, 4) is 11.5 Å². The van der Waals surface area contributed by atoms with Crippen molar-refractivity contribution in [1.82, 2.24) is 0 Å². The molecular weight excluding hydrogens is 294 g/mol. The molecule has 0 fully saturated rings. The number of aliphatic carboxylic acids is 1. The van der Waals surface area contributed by atoms with E-state index >= 15 is 0 Å². The fraction of sp³-hybridized carbons (Fsp3) is 0.429. The molecule has 2 aliphatic heterocycles. The first-order chi connectivity index (χ1) is 10.0. The minimum Gasteiger partial charge on any atom is -0.480 e. The van der Waals surface area contributed by atoms with Crippen molar-refractivity contribution in [2.45, 2.75) is 19.4 Å². The van der Waals surface area contributed by atoms with Crippen LogP contribution < -0.4 is 14.4 Å². The maximum atomic E-state index is 12.5. The second-order valence-corrected chi connectivity index (χ2v) is 5.55. The Morgan fingerprint density at radius 3 is 2.71 bits per heavy atom. The van der Waals surface area contributed by atoms with Gasteiger partial charge in [0.15, 0.2) is 11.5 Å². The van der Waals surface area contributed by atoms with E-state index in [4.69, 9.17) is 9.47 Å². The SMILES string of the molecule is CC(CS)C(=O)N1c2cc3c(cc2CC1C(=O)O)OCO3. The highest BCUT2D eigenvalue weighted by Crippen LogP contribution is 2.43. The lowest BCUT2D eigenvalue weighted by atomic mass is 10.1.